The van der Waals surface area contributed by atoms with Gasteiger partial charge in [-0.3, -0.25) is 9.59 Å². The van der Waals surface area contributed by atoms with Gasteiger partial charge >= 0.3 is 5.97 Å². The summed E-state index contributed by atoms with van der Waals surface area (Å²) in [5.74, 6) is -0.784. The molecule has 2 heterocycles. The number of ether oxygens (including phenoxy) is 1. The van der Waals surface area contributed by atoms with E-state index in [0.29, 0.717) is 19.5 Å². The molecule has 2 aromatic rings. The molecule has 0 unspecified atom stereocenters. The Morgan fingerprint density at radius 1 is 1.00 bits per heavy atom. The van der Waals surface area contributed by atoms with Crippen LogP contribution >= 0.6 is 0 Å². The third kappa shape index (κ3) is 4.27. The number of piperazine rings is 1. The van der Waals surface area contributed by atoms with E-state index in [-0.39, 0.29) is 23.8 Å². The molecule has 2 aromatic carbocycles. The lowest BCUT2D eigenvalue weighted by Gasteiger charge is -2.37. The molecule has 1 N–H and O–H groups in total. The Labute approximate surface area is 177 Å². The quantitative estimate of drug-likeness (QED) is 0.789. The Kier molecular flexibility index (Phi) is 5.93. The van der Waals surface area contributed by atoms with E-state index < -0.39 is 6.10 Å². The average Bonchev–Trinajstić information content (AvgIpc) is 2.78. The normalized spacial score (nSPS) is 21.9. The molecule has 158 valence electrons. The van der Waals surface area contributed by atoms with Crippen LogP contribution in [0.3, 0.4) is 0 Å². The molecule has 4 rings (SSSR count). The second-order valence-corrected chi connectivity index (χ2v) is 8.15. The van der Waals surface area contributed by atoms with E-state index in [2.05, 4.69) is 29.3 Å². The molecule has 6 heteroatoms. The predicted molar refractivity (Wildman–Crippen MR) is 118 cm³/mol. The van der Waals surface area contributed by atoms with E-state index in [1.165, 1.54) is 5.69 Å². The van der Waals surface area contributed by atoms with Crippen LogP contribution in [0.25, 0.3) is 0 Å². The fourth-order valence-corrected chi connectivity index (χ4v) is 4.35. The van der Waals surface area contributed by atoms with Gasteiger partial charge < -0.3 is 19.9 Å². The summed E-state index contributed by atoms with van der Waals surface area (Å²) in [6.45, 7) is 6.54. The summed E-state index contributed by atoms with van der Waals surface area (Å²) >= 11 is 0. The van der Waals surface area contributed by atoms with Gasteiger partial charge in [0.05, 0.1) is 5.92 Å². The highest BCUT2D eigenvalue weighted by molar-refractivity contribution is 5.87. The Hall–Kier alpha value is -3.02. The van der Waals surface area contributed by atoms with E-state index in [1.54, 1.807) is 11.8 Å². The molecule has 3 atom stereocenters. The van der Waals surface area contributed by atoms with Crippen molar-refractivity contribution in [1.29, 1.82) is 0 Å². The Morgan fingerprint density at radius 3 is 2.40 bits per heavy atom. The molecule has 6 nitrogen and oxygen atoms in total. The highest BCUT2D eigenvalue weighted by Gasteiger charge is 2.34. The minimum absolute atomic E-state index is 0.119. The Balaban J connectivity index is 1.35. The lowest BCUT2D eigenvalue weighted by atomic mass is 9.87. The van der Waals surface area contributed by atoms with E-state index in [1.807, 2.05) is 42.5 Å². The lowest BCUT2D eigenvalue weighted by Crippen LogP contribution is -2.51. The molecule has 0 bridgehead atoms. The molecule has 2 aliphatic rings. The van der Waals surface area contributed by atoms with Gasteiger partial charge in [0.2, 0.25) is 0 Å². The number of hydrogen-bond donors (Lipinski definition) is 1. The summed E-state index contributed by atoms with van der Waals surface area (Å²) in [5.41, 5.74) is 3.08. The standard InChI is InChI=1S/C24H29N3O3/c1-17-16-21(20-10-6-7-11-22(20)25-17)24(29)30-18(2)23(28)27-14-12-26(13-15-27)19-8-4-3-5-9-19/h3-11,17-18,21,25H,12-16H2,1-2H3/t17-,18+,21+/m1/s1. The number of nitrogens with zero attached hydrogens (tertiary/aromatic N) is 2. The highest BCUT2D eigenvalue weighted by atomic mass is 16.5. The number of para-hydroxylation sites is 2. The summed E-state index contributed by atoms with van der Waals surface area (Å²) in [7, 11) is 0. The maximum Gasteiger partial charge on any atom is 0.314 e. The Morgan fingerprint density at radius 2 is 1.67 bits per heavy atom. The minimum Gasteiger partial charge on any atom is -0.452 e. The van der Waals surface area contributed by atoms with Gasteiger partial charge in [0, 0.05) is 43.6 Å². The number of carbonyl (C=O) groups is 2. The fraction of sp³-hybridized carbons (Fsp3) is 0.417. The molecule has 30 heavy (non-hydrogen) atoms. The van der Waals surface area contributed by atoms with Crippen molar-refractivity contribution >= 4 is 23.3 Å². The molecule has 0 spiro atoms. The summed E-state index contributed by atoms with van der Waals surface area (Å²) in [6, 6.07) is 18.2. The number of carbonyl (C=O) groups excluding carboxylic acids is 2. The van der Waals surface area contributed by atoms with Crippen LogP contribution in [0.5, 0.6) is 0 Å². The number of nitrogens with one attached hydrogen (secondary N) is 1. The Bertz CT molecular complexity index is 894. The van der Waals surface area contributed by atoms with E-state index in [0.717, 1.165) is 24.3 Å². The van der Waals surface area contributed by atoms with Crippen molar-refractivity contribution in [2.75, 3.05) is 36.4 Å². The summed E-state index contributed by atoms with van der Waals surface area (Å²) in [5, 5.41) is 3.40. The van der Waals surface area contributed by atoms with E-state index in [4.69, 9.17) is 4.74 Å². The van der Waals surface area contributed by atoms with Crippen molar-refractivity contribution < 1.29 is 14.3 Å². The molecular formula is C24H29N3O3. The van der Waals surface area contributed by atoms with Crippen LogP contribution < -0.4 is 10.2 Å². The van der Waals surface area contributed by atoms with Crippen LogP contribution in [0.4, 0.5) is 11.4 Å². The molecular weight excluding hydrogens is 378 g/mol. The first-order valence-corrected chi connectivity index (χ1v) is 10.7. The summed E-state index contributed by atoms with van der Waals surface area (Å²) in [6.07, 6.45) is -0.120. The van der Waals surface area contributed by atoms with Crippen LogP contribution in [0.1, 0.15) is 31.7 Å². The van der Waals surface area contributed by atoms with Gasteiger partial charge in [-0.05, 0) is 44.0 Å². The first-order valence-electron chi connectivity index (χ1n) is 10.7. The smallest absolute Gasteiger partial charge is 0.314 e. The number of benzene rings is 2. The number of rotatable bonds is 4. The van der Waals surface area contributed by atoms with Crippen LogP contribution in [0.2, 0.25) is 0 Å². The fourth-order valence-electron chi connectivity index (χ4n) is 4.35. The van der Waals surface area contributed by atoms with Gasteiger partial charge in [0.1, 0.15) is 0 Å². The monoisotopic (exact) mass is 407 g/mol. The minimum atomic E-state index is -0.780. The molecule has 0 radical (unpaired) electrons. The summed E-state index contributed by atoms with van der Waals surface area (Å²) < 4.78 is 5.65. The lowest BCUT2D eigenvalue weighted by molar-refractivity contribution is -0.160. The molecule has 2 aliphatic heterocycles. The second-order valence-electron chi connectivity index (χ2n) is 8.15. The largest absolute Gasteiger partial charge is 0.452 e. The SMILES string of the molecule is C[C@@H]1C[C@H](C(=O)O[C@@H](C)C(=O)N2CCN(c3ccccc3)CC2)c2ccccc2N1. The highest BCUT2D eigenvalue weighted by Crippen LogP contribution is 2.35. The number of esters is 1. The number of anilines is 2. The maximum atomic E-state index is 12.9. The van der Waals surface area contributed by atoms with Gasteiger partial charge in [-0.1, -0.05) is 36.4 Å². The van der Waals surface area contributed by atoms with E-state index in [9.17, 15) is 9.59 Å². The zero-order valence-electron chi connectivity index (χ0n) is 17.6. The zero-order valence-corrected chi connectivity index (χ0v) is 17.6. The van der Waals surface area contributed by atoms with Crippen molar-refractivity contribution in [3.8, 4) is 0 Å². The van der Waals surface area contributed by atoms with Crippen molar-refractivity contribution in [3.63, 3.8) is 0 Å². The van der Waals surface area contributed by atoms with Gasteiger partial charge in [-0.2, -0.15) is 0 Å². The van der Waals surface area contributed by atoms with Gasteiger partial charge in [-0.15, -0.1) is 0 Å². The molecule has 0 aromatic heterocycles. The molecule has 1 saturated heterocycles. The van der Waals surface area contributed by atoms with E-state index >= 15 is 0 Å². The average molecular weight is 408 g/mol. The van der Waals surface area contributed by atoms with Crippen LogP contribution in [0, 0.1) is 0 Å². The van der Waals surface area contributed by atoms with Gasteiger partial charge in [0.15, 0.2) is 6.10 Å². The van der Waals surface area contributed by atoms with Crippen molar-refractivity contribution in [1.82, 2.24) is 4.90 Å². The van der Waals surface area contributed by atoms with Crippen molar-refractivity contribution in [2.45, 2.75) is 38.3 Å². The number of hydrogen-bond acceptors (Lipinski definition) is 5. The van der Waals surface area contributed by atoms with Crippen molar-refractivity contribution in [3.05, 3.63) is 60.2 Å². The first kappa shape index (κ1) is 20.3. The first-order chi connectivity index (χ1) is 14.5. The van der Waals surface area contributed by atoms with Crippen LogP contribution in [-0.2, 0) is 14.3 Å². The topological polar surface area (TPSA) is 61.9 Å². The van der Waals surface area contributed by atoms with Gasteiger partial charge in [0.25, 0.3) is 5.91 Å². The van der Waals surface area contributed by atoms with Crippen LogP contribution in [-0.4, -0.2) is 55.1 Å². The molecule has 0 saturated carbocycles. The number of fused-ring (bicyclic) bond motifs is 1. The third-order valence-electron chi connectivity index (χ3n) is 5.97. The predicted octanol–water partition coefficient (Wildman–Crippen LogP) is 3.25. The van der Waals surface area contributed by atoms with Crippen molar-refractivity contribution in [2.24, 2.45) is 0 Å². The summed E-state index contributed by atoms with van der Waals surface area (Å²) in [4.78, 5) is 29.9. The maximum absolute atomic E-state index is 12.9. The van der Waals surface area contributed by atoms with Crippen LogP contribution in [0.15, 0.2) is 54.6 Å². The molecule has 1 amide bonds. The molecule has 1 fully saturated rings. The number of amides is 1. The second kappa shape index (κ2) is 8.78. The molecule has 0 aliphatic carbocycles. The third-order valence-corrected chi connectivity index (χ3v) is 5.97. The van der Waals surface area contributed by atoms with Gasteiger partial charge in [-0.25, -0.2) is 0 Å². The zero-order chi connectivity index (χ0) is 21.1.